The molecular weight excluding hydrogens is 192 g/mol. The van der Waals surface area contributed by atoms with Crippen molar-refractivity contribution in [1.82, 2.24) is 9.59 Å². The largest absolute Gasteiger partial charge is 0.138 e. The molecule has 0 unspecified atom stereocenters. The van der Waals surface area contributed by atoms with E-state index in [2.05, 4.69) is 47.7 Å². The highest BCUT2D eigenvalue weighted by molar-refractivity contribution is 7.03. The lowest BCUT2D eigenvalue weighted by Gasteiger charge is -2.04. The second-order valence-electron chi connectivity index (χ2n) is 3.57. The van der Waals surface area contributed by atoms with E-state index in [1.54, 1.807) is 0 Å². The van der Waals surface area contributed by atoms with Crippen molar-refractivity contribution >= 4 is 11.5 Å². The predicted octanol–water partition coefficient (Wildman–Crippen LogP) is 3.33. The van der Waals surface area contributed by atoms with Gasteiger partial charge in [-0.15, -0.1) is 5.10 Å². The van der Waals surface area contributed by atoms with Gasteiger partial charge in [0.15, 0.2) is 0 Å². The van der Waals surface area contributed by atoms with Gasteiger partial charge in [-0.25, -0.2) is 0 Å². The van der Waals surface area contributed by atoms with Crippen molar-refractivity contribution in [3.63, 3.8) is 0 Å². The molecule has 2 rings (SSSR count). The number of rotatable bonds is 2. The molecule has 1 aromatic carbocycles. The summed E-state index contributed by atoms with van der Waals surface area (Å²) in [6.07, 6.45) is 0. The van der Waals surface area contributed by atoms with Gasteiger partial charge in [0, 0.05) is 10.9 Å². The van der Waals surface area contributed by atoms with Crippen LogP contribution in [0.4, 0.5) is 0 Å². The van der Waals surface area contributed by atoms with Gasteiger partial charge in [0.05, 0.1) is 0 Å². The van der Waals surface area contributed by atoms with E-state index in [1.807, 2.05) is 5.38 Å². The van der Waals surface area contributed by atoms with Gasteiger partial charge in [-0.2, -0.15) is 0 Å². The van der Waals surface area contributed by atoms with Crippen LogP contribution in [-0.4, -0.2) is 9.59 Å². The average Bonchev–Trinajstić information content (AvgIpc) is 2.71. The monoisotopic (exact) mass is 204 g/mol. The number of nitrogens with zero attached hydrogens (tertiary/aromatic N) is 2. The lowest BCUT2D eigenvalue weighted by atomic mass is 10.0. The third kappa shape index (κ3) is 1.82. The lowest BCUT2D eigenvalue weighted by Crippen LogP contribution is -1.86. The minimum absolute atomic E-state index is 0.581. The third-order valence-electron chi connectivity index (χ3n) is 2.23. The molecule has 3 heteroatoms. The molecule has 0 N–H and O–H groups in total. The van der Waals surface area contributed by atoms with Gasteiger partial charge in [-0.3, -0.25) is 0 Å². The summed E-state index contributed by atoms with van der Waals surface area (Å²) in [4.78, 5) is 0. The van der Waals surface area contributed by atoms with Crippen LogP contribution in [0.15, 0.2) is 29.6 Å². The van der Waals surface area contributed by atoms with Crippen LogP contribution >= 0.6 is 11.5 Å². The van der Waals surface area contributed by atoms with E-state index >= 15 is 0 Å². The standard InChI is InChI=1S/C11H12N2S/c1-8(2)9-3-5-10(6-4-9)11-7-14-13-12-11/h3-8H,1-2H3. The Morgan fingerprint density at radius 3 is 2.36 bits per heavy atom. The second kappa shape index (κ2) is 3.88. The predicted molar refractivity (Wildman–Crippen MR) is 59.4 cm³/mol. The van der Waals surface area contributed by atoms with Gasteiger partial charge in [0.2, 0.25) is 0 Å². The van der Waals surface area contributed by atoms with Gasteiger partial charge in [0.25, 0.3) is 0 Å². The summed E-state index contributed by atoms with van der Waals surface area (Å²) in [6.45, 7) is 4.39. The average molecular weight is 204 g/mol. The Balaban J connectivity index is 2.31. The molecule has 0 spiro atoms. The summed E-state index contributed by atoms with van der Waals surface area (Å²) < 4.78 is 3.85. The van der Waals surface area contributed by atoms with Gasteiger partial charge in [-0.05, 0) is 23.0 Å². The van der Waals surface area contributed by atoms with Gasteiger partial charge < -0.3 is 0 Å². The fraction of sp³-hybridized carbons (Fsp3) is 0.273. The van der Waals surface area contributed by atoms with E-state index < -0.39 is 0 Å². The fourth-order valence-corrected chi connectivity index (χ4v) is 1.79. The molecular formula is C11H12N2S. The van der Waals surface area contributed by atoms with Crippen molar-refractivity contribution in [2.75, 3.05) is 0 Å². The molecule has 2 aromatic rings. The molecule has 0 bridgehead atoms. The Morgan fingerprint density at radius 2 is 1.86 bits per heavy atom. The van der Waals surface area contributed by atoms with E-state index in [0.29, 0.717) is 5.92 Å². The quantitative estimate of drug-likeness (QED) is 0.750. The summed E-state index contributed by atoms with van der Waals surface area (Å²) in [7, 11) is 0. The Kier molecular flexibility index (Phi) is 2.59. The summed E-state index contributed by atoms with van der Waals surface area (Å²) in [5.41, 5.74) is 3.46. The number of hydrogen-bond acceptors (Lipinski definition) is 3. The maximum Gasteiger partial charge on any atom is 0.105 e. The summed E-state index contributed by atoms with van der Waals surface area (Å²) in [5, 5.41) is 5.99. The summed E-state index contributed by atoms with van der Waals surface area (Å²) >= 11 is 1.38. The van der Waals surface area contributed by atoms with Crippen LogP contribution in [0.25, 0.3) is 11.3 Å². The molecule has 0 fully saturated rings. The highest BCUT2D eigenvalue weighted by Gasteiger charge is 2.02. The van der Waals surface area contributed by atoms with Crippen LogP contribution in [0.5, 0.6) is 0 Å². The molecule has 2 nitrogen and oxygen atoms in total. The minimum Gasteiger partial charge on any atom is -0.138 e. The zero-order chi connectivity index (χ0) is 9.97. The Hall–Kier alpha value is -1.22. The van der Waals surface area contributed by atoms with Crippen molar-refractivity contribution in [3.05, 3.63) is 35.2 Å². The van der Waals surface area contributed by atoms with Crippen molar-refractivity contribution in [2.24, 2.45) is 0 Å². The van der Waals surface area contributed by atoms with Crippen LogP contribution in [0.3, 0.4) is 0 Å². The number of benzene rings is 1. The minimum atomic E-state index is 0.581. The van der Waals surface area contributed by atoms with Crippen LogP contribution < -0.4 is 0 Å². The molecule has 0 radical (unpaired) electrons. The van der Waals surface area contributed by atoms with Crippen LogP contribution in [0.2, 0.25) is 0 Å². The maximum atomic E-state index is 4.03. The molecule has 0 aliphatic rings. The van der Waals surface area contributed by atoms with E-state index in [0.717, 1.165) is 11.3 Å². The van der Waals surface area contributed by atoms with Gasteiger partial charge in [-0.1, -0.05) is 42.6 Å². The first kappa shape index (κ1) is 9.34. The van der Waals surface area contributed by atoms with Crippen LogP contribution in [0.1, 0.15) is 25.3 Å². The van der Waals surface area contributed by atoms with E-state index in [-0.39, 0.29) is 0 Å². The lowest BCUT2D eigenvalue weighted by molar-refractivity contribution is 0.867. The smallest absolute Gasteiger partial charge is 0.105 e. The van der Waals surface area contributed by atoms with E-state index in [4.69, 9.17) is 0 Å². The highest BCUT2D eigenvalue weighted by Crippen LogP contribution is 2.21. The Labute approximate surface area is 87.8 Å². The summed E-state index contributed by atoms with van der Waals surface area (Å²) in [6, 6.07) is 8.51. The van der Waals surface area contributed by atoms with Gasteiger partial charge in [0.1, 0.15) is 5.69 Å². The molecule has 0 amide bonds. The number of hydrogen-bond donors (Lipinski definition) is 0. The molecule has 72 valence electrons. The van der Waals surface area contributed by atoms with E-state index in [1.165, 1.54) is 17.1 Å². The molecule has 0 atom stereocenters. The van der Waals surface area contributed by atoms with Crippen molar-refractivity contribution < 1.29 is 0 Å². The van der Waals surface area contributed by atoms with E-state index in [9.17, 15) is 0 Å². The summed E-state index contributed by atoms with van der Waals surface area (Å²) in [5.74, 6) is 0.581. The molecule has 14 heavy (non-hydrogen) atoms. The Bertz CT molecular complexity index is 390. The third-order valence-corrected chi connectivity index (χ3v) is 2.74. The maximum absolute atomic E-state index is 4.03. The van der Waals surface area contributed by atoms with Crippen LogP contribution in [0, 0.1) is 0 Å². The van der Waals surface area contributed by atoms with Crippen molar-refractivity contribution in [3.8, 4) is 11.3 Å². The second-order valence-corrected chi connectivity index (χ2v) is 4.18. The molecule has 1 heterocycles. The molecule has 0 saturated heterocycles. The molecule has 0 aliphatic carbocycles. The zero-order valence-electron chi connectivity index (χ0n) is 8.27. The first-order valence-corrected chi connectivity index (χ1v) is 5.48. The van der Waals surface area contributed by atoms with Crippen molar-refractivity contribution in [2.45, 2.75) is 19.8 Å². The fourth-order valence-electron chi connectivity index (χ4n) is 1.33. The first-order valence-electron chi connectivity index (χ1n) is 4.65. The molecule has 0 aliphatic heterocycles. The van der Waals surface area contributed by atoms with Crippen LogP contribution in [-0.2, 0) is 0 Å². The SMILES string of the molecule is CC(C)c1ccc(-c2csnn2)cc1. The molecule has 0 saturated carbocycles. The normalized spacial score (nSPS) is 10.8. The first-order chi connectivity index (χ1) is 6.77. The van der Waals surface area contributed by atoms with Crippen molar-refractivity contribution in [1.29, 1.82) is 0 Å². The topological polar surface area (TPSA) is 25.8 Å². The number of aromatic nitrogens is 2. The Morgan fingerprint density at radius 1 is 1.14 bits per heavy atom. The molecule has 1 aromatic heterocycles. The zero-order valence-corrected chi connectivity index (χ0v) is 9.08. The van der Waals surface area contributed by atoms with Gasteiger partial charge >= 0.3 is 0 Å². The highest BCUT2D eigenvalue weighted by atomic mass is 32.1.